The summed E-state index contributed by atoms with van der Waals surface area (Å²) < 4.78 is 1.97. The number of hydrogen-bond acceptors (Lipinski definition) is 3. The van der Waals surface area contributed by atoms with Gasteiger partial charge in [-0.25, -0.2) is 4.98 Å². The van der Waals surface area contributed by atoms with Crippen molar-refractivity contribution in [3.63, 3.8) is 0 Å². The number of aromatic nitrogens is 2. The number of fused-ring (bicyclic) bond motifs is 2. The standard InChI is InChI=1S/C20H16ClN3O2/c21-8-13-7-14(12-5-6-12)9-23-10-15(22-18(13)23)11-24-19(25)16-3-1-2-4-17(16)20(24)26/h1-4,7,9-10,12H,5-6,8,11H2. The summed E-state index contributed by atoms with van der Waals surface area (Å²) in [5, 5.41) is 0. The Morgan fingerprint density at radius 1 is 1.08 bits per heavy atom. The number of halogens is 1. The van der Waals surface area contributed by atoms with Crippen molar-refractivity contribution in [2.45, 2.75) is 31.2 Å². The molecule has 2 aromatic heterocycles. The minimum atomic E-state index is -0.265. The summed E-state index contributed by atoms with van der Waals surface area (Å²) in [6.07, 6.45) is 6.40. The van der Waals surface area contributed by atoms with Crippen LogP contribution in [0.2, 0.25) is 0 Å². The maximum Gasteiger partial charge on any atom is 0.261 e. The number of pyridine rings is 1. The second-order valence-corrected chi connectivity index (χ2v) is 7.18. The number of alkyl halides is 1. The molecule has 0 spiro atoms. The fraction of sp³-hybridized carbons (Fsp3) is 0.250. The van der Waals surface area contributed by atoms with Gasteiger partial charge in [-0.1, -0.05) is 12.1 Å². The molecule has 0 atom stereocenters. The maximum absolute atomic E-state index is 12.6. The van der Waals surface area contributed by atoms with Crippen molar-refractivity contribution in [1.82, 2.24) is 14.3 Å². The first kappa shape index (κ1) is 15.6. The van der Waals surface area contributed by atoms with E-state index < -0.39 is 0 Å². The Kier molecular flexibility index (Phi) is 3.40. The minimum Gasteiger partial charge on any atom is -0.306 e. The van der Waals surface area contributed by atoms with Gasteiger partial charge in [-0.15, -0.1) is 11.6 Å². The van der Waals surface area contributed by atoms with Crippen LogP contribution in [0.25, 0.3) is 5.65 Å². The molecule has 1 aromatic carbocycles. The maximum atomic E-state index is 12.6. The molecule has 3 aromatic rings. The van der Waals surface area contributed by atoms with Crippen molar-refractivity contribution >= 4 is 29.1 Å². The highest BCUT2D eigenvalue weighted by atomic mass is 35.5. The molecule has 0 radical (unpaired) electrons. The predicted octanol–water partition coefficient (Wildman–Crippen LogP) is 3.75. The van der Waals surface area contributed by atoms with E-state index in [1.807, 2.05) is 10.6 Å². The van der Waals surface area contributed by atoms with Gasteiger partial charge in [0.1, 0.15) is 5.65 Å². The Balaban J connectivity index is 1.51. The number of carbonyl (C=O) groups is 2. The highest BCUT2D eigenvalue weighted by Crippen LogP contribution is 2.40. The quantitative estimate of drug-likeness (QED) is 0.522. The van der Waals surface area contributed by atoms with Crippen molar-refractivity contribution in [2.24, 2.45) is 0 Å². The normalized spacial score (nSPS) is 16.6. The van der Waals surface area contributed by atoms with Gasteiger partial charge in [-0.2, -0.15) is 0 Å². The molecule has 5 nitrogen and oxygen atoms in total. The van der Waals surface area contributed by atoms with Crippen molar-refractivity contribution in [1.29, 1.82) is 0 Å². The number of rotatable bonds is 4. The third kappa shape index (κ3) is 2.35. The SMILES string of the molecule is O=C1c2ccccc2C(=O)N1Cc1cn2cc(C3CC3)cc(CCl)c2n1. The van der Waals surface area contributed by atoms with Crippen LogP contribution in [0.4, 0.5) is 0 Å². The minimum absolute atomic E-state index is 0.161. The summed E-state index contributed by atoms with van der Waals surface area (Å²) in [5.41, 5.74) is 4.63. The average molecular weight is 366 g/mol. The van der Waals surface area contributed by atoms with Gasteiger partial charge in [-0.3, -0.25) is 14.5 Å². The second kappa shape index (κ2) is 5.68. The van der Waals surface area contributed by atoms with E-state index in [1.54, 1.807) is 24.3 Å². The molecule has 130 valence electrons. The summed E-state index contributed by atoms with van der Waals surface area (Å²) in [6, 6.07) is 9.04. The molecule has 1 aliphatic heterocycles. The van der Waals surface area contributed by atoms with E-state index in [4.69, 9.17) is 11.6 Å². The first-order valence-electron chi connectivity index (χ1n) is 8.67. The molecule has 3 heterocycles. The van der Waals surface area contributed by atoms with Gasteiger partial charge in [0, 0.05) is 18.0 Å². The van der Waals surface area contributed by atoms with Gasteiger partial charge in [-0.05, 0) is 42.5 Å². The van der Waals surface area contributed by atoms with Crippen LogP contribution in [0.15, 0.2) is 42.7 Å². The van der Waals surface area contributed by atoms with Crippen molar-refractivity contribution < 1.29 is 9.59 Å². The Labute approximate surface area is 155 Å². The van der Waals surface area contributed by atoms with Crippen LogP contribution >= 0.6 is 11.6 Å². The zero-order valence-electron chi connectivity index (χ0n) is 14.0. The number of nitrogens with zero attached hydrogens (tertiary/aromatic N) is 3. The first-order valence-corrected chi connectivity index (χ1v) is 9.21. The largest absolute Gasteiger partial charge is 0.306 e. The van der Waals surface area contributed by atoms with E-state index in [9.17, 15) is 9.59 Å². The number of amides is 2. The molecule has 6 heteroatoms. The van der Waals surface area contributed by atoms with Crippen molar-refractivity contribution in [3.05, 3.63) is 70.7 Å². The zero-order valence-corrected chi connectivity index (χ0v) is 14.7. The molecule has 0 N–H and O–H groups in total. The van der Waals surface area contributed by atoms with Crippen LogP contribution in [-0.4, -0.2) is 26.1 Å². The van der Waals surface area contributed by atoms with Crippen LogP contribution in [0.1, 0.15) is 56.3 Å². The topological polar surface area (TPSA) is 54.7 Å². The van der Waals surface area contributed by atoms with E-state index in [0.717, 1.165) is 11.2 Å². The lowest BCUT2D eigenvalue weighted by atomic mass is 10.1. The molecule has 26 heavy (non-hydrogen) atoms. The molecule has 0 unspecified atom stereocenters. The van der Waals surface area contributed by atoms with Gasteiger partial charge in [0.05, 0.1) is 29.2 Å². The monoisotopic (exact) mass is 365 g/mol. The zero-order chi connectivity index (χ0) is 17.8. The Hall–Kier alpha value is -2.66. The van der Waals surface area contributed by atoms with Gasteiger partial charge in [0.15, 0.2) is 0 Å². The van der Waals surface area contributed by atoms with Crippen LogP contribution in [0.5, 0.6) is 0 Å². The summed E-state index contributed by atoms with van der Waals surface area (Å²) in [6.45, 7) is 0.161. The van der Waals surface area contributed by atoms with Gasteiger partial charge < -0.3 is 4.40 Å². The molecule has 1 aliphatic carbocycles. The first-order chi connectivity index (χ1) is 12.7. The summed E-state index contributed by atoms with van der Waals surface area (Å²) in [7, 11) is 0. The highest BCUT2D eigenvalue weighted by molar-refractivity contribution is 6.21. The van der Waals surface area contributed by atoms with Crippen molar-refractivity contribution in [3.8, 4) is 0 Å². The fourth-order valence-electron chi connectivity index (χ4n) is 3.60. The molecule has 0 bridgehead atoms. The molecular weight excluding hydrogens is 350 g/mol. The van der Waals surface area contributed by atoms with E-state index in [0.29, 0.717) is 28.6 Å². The molecule has 1 fully saturated rings. The molecule has 0 saturated heterocycles. The number of imidazole rings is 1. The van der Waals surface area contributed by atoms with Crippen LogP contribution in [-0.2, 0) is 12.4 Å². The molecule has 2 aliphatic rings. The number of hydrogen-bond donors (Lipinski definition) is 0. The summed E-state index contributed by atoms with van der Waals surface area (Å²) in [5.74, 6) is 0.467. The lowest BCUT2D eigenvalue weighted by Crippen LogP contribution is -2.29. The lowest BCUT2D eigenvalue weighted by molar-refractivity contribution is 0.0640. The van der Waals surface area contributed by atoms with E-state index in [1.165, 1.54) is 23.3 Å². The molecule has 2 amide bonds. The summed E-state index contributed by atoms with van der Waals surface area (Å²) >= 11 is 6.12. The van der Waals surface area contributed by atoms with E-state index in [2.05, 4.69) is 17.2 Å². The van der Waals surface area contributed by atoms with Gasteiger partial charge in [0.2, 0.25) is 0 Å². The van der Waals surface area contributed by atoms with Crippen LogP contribution < -0.4 is 0 Å². The van der Waals surface area contributed by atoms with E-state index >= 15 is 0 Å². The van der Waals surface area contributed by atoms with Crippen LogP contribution in [0.3, 0.4) is 0 Å². The van der Waals surface area contributed by atoms with Gasteiger partial charge >= 0.3 is 0 Å². The fourth-order valence-corrected chi connectivity index (χ4v) is 3.80. The predicted molar refractivity (Wildman–Crippen MR) is 97.4 cm³/mol. The lowest BCUT2D eigenvalue weighted by Gasteiger charge is -2.11. The van der Waals surface area contributed by atoms with E-state index in [-0.39, 0.29) is 18.4 Å². The number of carbonyl (C=O) groups excluding carboxylic acids is 2. The Bertz CT molecular complexity index is 1030. The Morgan fingerprint density at radius 2 is 1.77 bits per heavy atom. The number of imide groups is 1. The Morgan fingerprint density at radius 3 is 2.38 bits per heavy atom. The molecular formula is C20H16ClN3O2. The number of benzene rings is 1. The molecule has 1 saturated carbocycles. The highest BCUT2D eigenvalue weighted by Gasteiger charge is 2.35. The van der Waals surface area contributed by atoms with Crippen LogP contribution in [0, 0.1) is 0 Å². The van der Waals surface area contributed by atoms with Gasteiger partial charge in [0.25, 0.3) is 11.8 Å². The van der Waals surface area contributed by atoms with Crippen molar-refractivity contribution in [2.75, 3.05) is 0 Å². The molecule has 5 rings (SSSR count). The summed E-state index contributed by atoms with van der Waals surface area (Å²) in [4.78, 5) is 31.0. The third-order valence-electron chi connectivity index (χ3n) is 5.09. The second-order valence-electron chi connectivity index (χ2n) is 6.91. The third-order valence-corrected chi connectivity index (χ3v) is 5.38. The smallest absolute Gasteiger partial charge is 0.261 e. The average Bonchev–Trinajstić information content (AvgIpc) is 3.39.